The first-order chi connectivity index (χ1) is 7.30. The minimum atomic E-state index is -0.715. The number of benzene rings is 1. The van der Waals surface area contributed by atoms with Crippen LogP contribution in [0.25, 0.3) is 0 Å². The molecular formula is C14H23ClSi. The molecule has 90 valence electrons. The van der Waals surface area contributed by atoms with Gasteiger partial charge in [0, 0.05) is 5.00 Å². The third kappa shape index (κ3) is 3.95. The van der Waals surface area contributed by atoms with Gasteiger partial charge in [-0.15, -0.1) is 11.6 Å². The van der Waals surface area contributed by atoms with Crippen molar-refractivity contribution in [2.24, 2.45) is 0 Å². The Morgan fingerprint density at radius 2 is 1.62 bits per heavy atom. The van der Waals surface area contributed by atoms with Gasteiger partial charge in [0.1, 0.15) is 0 Å². The van der Waals surface area contributed by atoms with Crippen molar-refractivity contribution < 1.29 is 0 Å². The van der Waals surface area contributed by atoms with Crippen molar-refractivity contribution in [3.05, 3.63) is 35.4 Å². The maximum Gasteiger partial charge on any atom is 0.0523 e. The summed E-state index contributed by atoms with van der Waals surface area (Å²) in [4.78, 5) is 0. The molecule has 0 spiro atoms. The van der Waals surface area contributed by atoms with Gasteiger partial charge in [-0.3, -0.25) is 0 Å². The fraction of sp³-hybridized carbons (Fsp3) is 0.571. The van der Waals surface area contributed by atoms with Crippen LogP contribution in [0.1, 0.15) is 31.9 Å². The molecule has 1 aromatic carbocycles. The van der Waals surface area contributed by atoms with Crippen LogP contribution < -0.4 is 0 Å². The lowest BCUT2D eigenvalue weighted by atomic mass is 9.86. The zero-order chi connectivity index (χ0) is 12.3. The topological polar surface area (TPSA) is 0 Å². The molecule has 0 saturated carbocycles. The molecule has 16 heavy (non-hydrogen) atoms. The van der Waals surface area contributed by atoms with Crippen LogP contribution in [0.3, 0.4) is 0 Å². The first-order valence-electron chi connectivity index (χ1n) is 6.04. The minimum absolute atomic E-state index is 0.242. The zero-order valence-corrected chi connectivity index (χ0v) is 13.0. The number of alkyl halides is 1. The molecule has 1 atom stereocenters. The predicted octanol–water partition coefficient (Wildman–Crippen LogP) is 4.16. The van der Waals surface area contributed by atoms with Crippen LogP contribution in [0.4, 0.5) is 0 Å². The smallest absolute Gasteiger partial charge is 0.0523 e. The molecule has 0 bridgehead atoms. The lowest BCUT2D eigenvalue weighted by Gasteiger charge is -2.19. The Labute approximate surface area is 107 Å². The maximum atomic E-state index is 6.34. The monoisotopic (exact) mass is 254 g/mol. The minimum Gasteiger partial charge on any atom is -0.127 e. The normalized spacial score (nSPS) is 14.2. The molecule has 1 unspecified atom stereocenters. The maximum absolute atomic E-state index is 6.34. The Bertz CT molecular complexity index is 322. The van der Waals surface area contributed by atoms with Gasteiger partial charge in [0.05, 0.1) is 8.80 Å². The summed E-state index contributed by atoms with van der Waals surface area (Å²) < 4.78 is 0. The molecule has 0 aromatic heterocycles. The summed E-state index contributed by atoms with van der Waals surface area (Å²) in [7, 11) is -0.715. The summed E-state index contributed by atoms with van der Waals surface area (Å²) >= 11 is 6.34. The van der Waals surface area contributed by atoms with E-state index in [0.29, 0.717) is 5.00 Å². The zero-order valence-electron chi connectivity index (χ0n) is 11.0. The lowest BCUT2D eigenvalue weighted by Crippen LogP contribution is -2.20. The summed E-state index contributed by atoms with van der Waals surface area (Å²) in [5, 5.41) is 0.375. The molecular weight excluding hydrogens is 232 g/mol. The summed E-state index contributed by atoms with van der Waals surface area (Å²) in [6, 6.07) is 8.93. The molecule has 1 rings (SSSR count). The van der Waals surface area contributed by atoms with Crippen LogP contribution >= 0.6 is 11.6 Å². The Morgan fingerprint density at radius 1 is 1.12 bits per heavy atom. The largest absolute Gasteiger partial charge is 0.127 e. The van der Waals surface area contributed by atoms with E-state index in [9.17, 15) is 0 Å². The van der Waals surface area contributed by atoms with Gasteiger partial charge in [-0.1, -0.05) is 58.1 Å². The van der Waals surface area contributed by atoms with Crippen LogP contribution in [0.5, 0.6) is 0 Å². The van der Waals surface area contributed by atoms with E-state index in [-0.39, 0.29) is 5.41 Å². The Balaban J connectivity index is 2.72. The number of hydrogen-bond acceptors (Lipinski definition) is 0. The highest BCUT2D eigenvalue weighted by molar-refractivity contribution is 6.67. The van der Waals surface area contributed by atoms with Gasteiger partial charge in [-0.25, -0.2) is 0 Å². The van der Waals surface area contributed by atoms with Crippen LogP contribution in [0.15, 0.2) is 24.3 Å². The fourth-order valence-electron chi connectivity index (χ4n) is 1.60. The van der Waals surface area contributed by atoms with Crippen molar-refractivity contribution in [2.75, 3.05) is 0 Å². The number of hydrogen-bond donors (Lipinski definition) is 0. The second kappa shape index (κ2) is 5.37. The van der Waals surface area contributed by atoms with Gasteiger partial charge in [-0.2, -0.15) is 0 Å². The average molecular weight is 255 g/mol. The third-order valence-electron chi connectivity index (χ3n) is 2.97. The van der Waals surface area contributed by atoms with Crippen LogP contribution in [-0.4, -0.2) is 13.8 Å². The molecule has 0 nitrogen and oxygen atoms in total. The average Bonchev–Trinajstić information content (AvgIpc) is 2.17. The Hall–Kier alpha value is -0.273. The lowest BCUT2D eigenvalue weighted by molar-refractivity contribution is 0.590. The van der Waals surface area contributed by atoms with Crippen LogP contribution in [-0.2, 0) is 11.8 Å². The van der Waals surface area contributed by atoms with Crippen LogP contribution in [0, 0.1) is 0 Å². The Morgan fingerprint density at radius 3 is 2.00 bits per heavy atom. The van der Waals surface area contributed by atoms with E-state index in [0.717, 1.165) is 6.42 Å². The molecule has 0 aliphatic heterocycles. The van der Waals surface area contributed by atoms with E-state index in [2.05, 4.69) is 58.1 Å². The van der Waals surface area contributed by atoms with Gasteiger partial charge in [0.15, 0.2) is 0 Å². The first kappa shape index (κ1) is 13.8. The van der Waals surface area contributed by atoms with Crippen LogP contribution in [0.2, 0.25) is 13.1 Å². The molecule has 1 aromatic rings. The van der Waals surface area contributed by atoms with Crippen molar-refractivity contribution in [1.82, 2.24) is 0 Å². The highest BCUT2D eigenvalue weighted by Gasteiger charge is 2.14. The van der Waals surface area contributed by atoms with Gasteiger partial charge in [0.2, 0.25) is 0 Å². The molecule has 0 aliphatic rings. The van der Waals surface area contributed by atoms with E-state index in [1.54, 1.807) is 0 Å². The van der Waals surface area contributed by atoms with Gasteiger partial charge in [0.25, 0.3) is 0 Å². The highest BCUT2D eigenvalue weighted by atomic mass is 35.5. The molecule has 2 heteroatoms. The van der Waals surface area contributed by atoms with E-state index in [1.807, 2.05) is 0 Å². The fourth-order valence-corrected chi connectivity index (χ4v) is 2.52. The van der Waals surface area contributed by atoms with Crippen molar-refractivity contribution in [2.45, 2.75) is 50.7 Å². The standard InChI is InChI=1S/C14H23ClSi/c1-14(2,3)12-8-6-11(7-9-12)10-13(15)16(4)5/h6-9,13,16H,10H2,1-5H3. The van der Waals surface area contributed by atoms with Crippen molar-refractivity contribution in [3.8, 4) is 0 Å². The van der Waals surface area contributed by atoms with Gasteiger partial charge < -0.3 is 0 Å². The van der Waals surface area contributed by atoms with E-state index in [4.69, 9.17) is 11.6 Å². The van der Waals surface area contributed by atoms with E-state index in [1.165, 1.54) is 11.1 Å². The quantitative estimate of drug-likeness (QED) is 0.561. The van der Waals surface area contributed by atoms with E-state index >= 15 is 0 Å². The van der Waals surface area contributed by atoms with Gasteiger partial charge >= 0.3 is 0 Å². The first-order valence-corrected chi connectivity index (χ1v) is 9.45. The predicted molar refractivity (Wildman–Crippen MR) is 77.4 cm³/mol. The summed E-state index contributed by atoms with van der Waals surface area (Å²) in [6.45, 7) is 11.3. The Kier molecular flexibility index (Phi) is 4.63. The molecule has 0 heterocycles. The second-order valence-corrected chi connectivity index (χ2v) is 10.2. The number of halogens is 1. The third-order valence-corrected chi connectivity index (χ3v) is 6.32. The highest BCUT2D eigenvalue weighted by Crippen LogP contribution is 2.23. The molecule has 0 fully saturated rings. The van der Waals surface area contributed by atoms with Crippen molar-refractivity contribution in [3.63, 3.8) is 0 Å². The second-order valence-electron chi connectivity index (χ2n) is 5.91. The molecule has 0 saturated heterocycles. The summed E-state index contributed by atoms with van der Waals surface area (Å²) in [6.07, 6.45) is 1.02. The summed E-state index contributed by atoms with van der Waals surface area (Å²) in [5.74, 6) is 0. The molecule has 0 N–H and O–H groups in total. The SMILES string of the molecule is C[SiH](C)C(Cl)Cc1ccc(C(C)(C)C)cc1. The summed E-state index contributed by atoms with van der Waals surface area (Å²) in [5.41, 5.74) is 3.00. The molecule has 0 aliphatic carbocycles. The van der Waals surface area contributed by atoms with Crippen molar-refractivity contribution >= 4 is 20.4 Å². The molecule has 0 radical (unpaired) electrons. The van der Waals surface area contributed by atoms with Gasteiger partial charge in [-0.05, 0) is 23.0 Å². The van der Waals surface area contributed by atoms with Crippen molar-refractivity contribution in [1.29, 1.82) is 0 Å². The van der Waals surface area contributed by atoms with E-state index < -0.39 is 8.80 Å². The molecule has 0 amide bonds. The number of rotatable bonds is 3.